The fourth-order valence-corrected chi connectivity index (χ4v) is 6.15. The van der Waals surface area contributed by atoms with Crippen molar-refractivity contribution in [1.29, 1.82) is 0 Å². The van der Waals surface area contributed by atoms with Crippen LogP contribution in [0.25, 0.3) is 10.2 Å². The summed E-state index contributed by atoms with van der Waals surface area (Å²) in [6.07, 6.45) is 8.69. The molecule has 0 spiro atoms. The minimum atomic E-state index is -0.426. The third-order valence-electron chi connectivity index (χ3n) is 7.26. The molecule has 2 aliphatic rings. The van der Waals surface area contributed by atoms with Crippen LogP contribution in [-0.2, 0) is 22.7 Å². The van der Waals surface area contributed by atoms with Crippen LogP contribution in [0.15, 0.2) is 21.0 Å². The van der Waals surface area contributed by atoms with Gasteiger partial charge in [-0.1, -0.05) is 19.8 Å². The second kappa shape index (κ2) is 11.3. The van der Waals surface area contributed by atoms with Crippen LogP contribution in [0.5, 0.6) is 0 Å². The number of amides is 2. The van der Waals surface area contributed by atoms with Gasteiger partial charge in [-0.25, -0.2) is 4.79 Å². The van der Waals surface area contributed by atoms with Gasteiger partial charge in [0.05, 0.1) is 5.52 Å². The zero-order chi connectivity index (χ0) is 24.1. The maximum Gasteiger partial charge on any atom is 0.332 e. The molecule has 0 unspecified atom stereocenters. The first kappa shape index (κ1) is 24.7. The van der Waals surface area contributed by atoms with Gasteiger partial charge in [-0.15, -0.1) is 11.3 Å². The van der Waals surface area contributed by atoms with Crippen LogP contribution in [0.2, 0.25) is 0 Å². The summed E-state index contributed by atoms with van der Waals surface area (Å²) in [5.41, 5.74) is -0.178. The summed E-state index contributed by atoms with van der Waals surface area (Å²) in [4.78, 5) is 53.8. The number of likely N-dealkylation sites (tertiary alicyclic amines) is 1. The van der Waals surface area contributed by atoms with E-state index in [1.165, 1.54) is 33.3 Å². The van der Waals surface area contributed by atoms with Gasteiger partial charge in [0.1, 0.15) is 11.2 Å². The minimum absolute atomic E-state index is 0.0600. The SMILES string of the molecule is CCCNC(=O)Cn1c(=O)n(CC2CCC(C(=O)N3CCCCCC3)CC2)c(=O)c2sccc21. The first-order chi connectivity index (χ1) is 16.5. The number of hydrogen-bond acceptors (Lipinski definition) is 5. The summed E-state index contributed by atoms with van der Waals surface area (Å²) >= 11 is 1.30. The van der Waals surface area contributed by atoms with Crippen LogP contribution in [0, 0.1) is 11.8 Å². The lowest BCUT2D eigenvalue weighted by Crippen LogP contribution is -2.44. The Morgan fingerprint density at radius 3 is 2.41 bits per heavy atom. The molecule has 3 heterocycles. The van der Waals surface area contributed by atoms with Crippen molar-refractivity contribution in [2.75, 3.05) is 19.6 Å². The standard InChI is InChI=1S/C25H36N4O4S/c1-2-12-26-21(30)17-28-20-11-15-34-22(20)24(32)29(25(28)33)16-18-7-9-19(10-8-18)23(31)27-13-5-3-4-6-14-27/h11,15,18-19H,2-10,12-14,16-17H2,1H3,(H,26,30). The molecule has 2 amide bonds. The van der Waals surface area contributed by atoms with Crippen LogP contribution < -0.4 is 16.6 Å². The van der Waals surface area contributed by atoms with Gasteiger partial charge in [-0.3, -0.25) is 23.5 Å². The Bertz CT molecular complexity index is 1120. The second-order valence-electron chi connectivity index (χ2n) is 9.73. The first-order valence-electron chi connectivity index (χ1n) is 12.8. The largest absolute Gasteiger partial charge is 0.355 e. The van der Waals surface area contributed by atoms with E-state index in [4.69, 9.17) is 0 Å². The highest BCUT2D eigenvalue weighted by Gasteiger charge is 2.30. The molecule has 1 aliphatic heterocycles. The van der Waals surface area contributed by atoms with E-state index in [0.29, 0.717) is 23.3 Å². The molecule has 34 heavy (non-hydrogen) atoms. The Kier molecular flexibility index (Phi) is 8.24. The molecule has 1 N–H and O–H groups in total. The molecular formula is C25H36N4O4S. The normalized spacial score (nSPS) is 21.4. The number of thiophene rings is 1. The molecule has 2 fully saturated rings. The average molecular weight is 489 g/mol. The molecule has 186 valence electrons. The predicted molar refractivity (Wildman–Crippen MR) is 134 cm³/mol. The molecule has 2 aromatic rings. The van der Waals surface area contributed by atoms with E-state index in [1.807, 2.05) is 6.92 Å². The first-order valence-corrected chi connectivity index (χ1v) is 13.6. The van der Waals surface area contributed by atoms with Gasteiger partial charge in [0.15, 0.2) is 0 Å². The number of fused-ring (bicyclic) bond motifs is 1. The van der Waals surface area contributed by atoms with Crippen molar-refractivity contribution in [1.82, 2.24) is 19.4 Å². The fraction of sp³-hybridized carbons (Fsp3) is 0.680. The van der Waals surface area contributed by atoms with Gasteiger partial charge in [0.25, 0.3) is 5.56 Å². The molecule has 0 radical (unpaired) electrons. The number of carbonyl (C=O) groups is 2. The van der Waals surface area contributed by atoms with Gasteiger partial charge in [0, 0.05) is 32.1 Å². The fourth-order valence-electron chi connectivity index (χ4n) is 5.31. The smallest absolute Gasteiger partial charge is 0.332 e. The highest BCUT2D eigenvalue weighted by Crippen LogP contribution is 2.31. The van der Waals surface area contributed by atoms with Gasteiger partial charge in [-0.2, -0.15) is 0 Å². The lowest BCUT2D eigenvalue weighted by molar-refractivity contribution is -0.136. The average Bonchev–Trinajstić information content (AvgIpc) is 3.18. The van der Waals surface area contributed by atoms with Crippen LogP contribution in [0.3, 0.4) is 0 Å². The van der Waals surface area contributed by atoms with Gasteiger partial charge >= 0.3 is 5.69 Å². The number of nitrogens with one attached hydrogen (secondary N) is 1. The molecule has 1 saturated carbocycles. The summed E-state index contributed by atoms with van der Waals surface area (Å²) in [6, 6.07) is 1.74. The van der Waals surface area contributed by atoms with E-state index in [1.54, 1.807) is 11.4 Å². The highest BCUT2D eigenvalue weighted by molar-refractivity contribution is 7.17. The number of carbonyl (C=O) groups excluding carboxylic acids is 2. The van der Waals surface area contributed by atoms with Gasteiger partial charge in [0.2, 0.25) is 11.8 Å². The third-order valence-corrected chi connectivity index (χ3v) is 8.16. The van der Waals surface area contributed by atoms with E-state index in [-0.39, 0.29) is 35.8 Å². The lowest BCUT2D eigenvalue weighted by atomic mass is 9.81. The molecule has 0 bridgehead atoms. The molecule has 1 saturated heterocycles. The lowest BCUT2D eigenvalue weighted by Gasteiger charge is -2.32. The summed E-state index contributed by atoms with van der Waals surface area (Å²) in [5.74, 6) is 0.301. The topological polar surface area (TPSA) is 93.4 Å². The third kappa shape index (κ3) is 5.45. The van der Waals surface area contributed by atoms with Gasteiger partial charge < -0.3 is 10.2 Å². The molecular weight excluding hydrogens is 452 g/mol. The molecule has 9 heteroatoms. The Hall–Kier alpha value is -2.42. The minimum Gasteiger partial charge on any atom is -0.355 e. The number of aromatic nitrogens is 2. The molecule has 0 atom stereocenters. The van der Waals surface area contributed by atoms with Crippen molar-refractivity contribution in [2.24, 2.45) is 11.8 Å². The molecule has 0 aromatic carbocycles. The Morgan fingerprint density at radius 1 is 1.03 bits per heavy atom. The maximum atomic E-state index is 13.3. The predicted octanol–water partition coefficient (Wildman–Crippen LogP) is 2.96. The number of nitrogens with zero attached hydrogens (tertiary/aromatic N) is 3. The number of rotatable bonds is 7. The summed E-state index contributed by atoms with van der Waals surface area (Å²) in [6.45, 7) is 4.52. The summed E-state index contributed by atoms with van der Waals surface area (Å²) in [7, 11) is 0. The Labute approximate surface area is 203 Å². The van der Waals surface area contributed by atoms with E-state index in [2.05, 4.69) is 10.2 Å². The van der Waals surface area contributed by atoms with Crippen molar-refractivity contribution < 1.29 is 9.59 Å². The summed E-state index contributed by atoms with van der Waals surface area (Å²) < 4.78 is 3.24. The van der Waals surface area contributed by atoms with Crippen LogP contribution in [0.4, 0.5) is 0 Å². The molecule has 8 nitrogen and oxygen atoms in total. The van der Waals surface area contributed by atoms with Crippen LogP contribution in [0.1, 0.15) is 64.7 Å². The van der Waals surface area contributed by atoms with E-state index in [9.17, 15) is 19.2 Å². The second-order valence-corrected chi connectivity index (χ2v) is 10.6. The van der Waals surface area contributed by atoms with Crippen molar-refractivity contribution in [3.05, 3.63) is 32.3 Å². The highest BCUT2D eigenvalue weighted by atomic mass is 32.1. The van der Waals surface area contributed by atoms with Crippen molar-refractivity contribution in [2.45, 2.75) is 77.8 Å². The molecule has 1 aliphatic carbocycles. The zero-order valence-corrected chi connectivity index (χ0v) is 20.9. The van der Waals surface area contributed by atoms with Gasteiger partial charge in [-0.05, 0) is 62.3 Å². The molecule has 2 aromatic heterocycles. The zero-order valence-electron chi connectivity index (χ0n) is 20.1. The Balaban J connectivity index is 1.46. The molecule has 4 rings (SSSR count). The van der Waals surface area contributed by atoms with Crippen LogP contribution in [-0.4, -0.2) is 45.5 Å². The van der Waals surface area contributed by atoms with E-state index >= 15 is 0 Å². The van der Waals surface area contributed by atoms with E-state index in [0.717, 1.165) is 58.0 Å². The van der Waals surface area contributed by atoms with Crippen molar-refractivity contribution in [3.8, 4) is 0 Å². The van der Waals surface area contributed by atoms with Crippen molar-refractivity contribution in [3.63, 3.8) is 0 Å². The van der Waals surface area contributed by atoms with Crippen molar-refractivity contribution >= 4 is 33.4 Å². The van der Waals surface area contributed by atoms with Crippen LogP contribution >= 0.6 is 11.3 Å². The summed E-state index contributed by atoms with van der Waals surface area (Å²) in [5, 5.41) is 4.60. The monoisotopic (exact) mass is 488 g/mol. The maximum absolute atomic E-state index is 13.3. The number of hydrogen-bond donors (Lipinski definition) is 1. The van der Waals surface area contributed by atoms with E-state index < -0.39 is 5.69 Å². The quantitative estimate of drug-likeness (QED) is 0.648. The Morgan fingerprint density at radius 2 is 1.74 bits per heavy atom.